The molecule has 5 nitrogen and oxygen atoms in total. The minimum atomic E-state index is -3.61. The van der Waals surface area contributed by atoms with Gasteiger partial charge < -0.3 is 9.84 Å². The van der Waals surface area contributed by atoms with E-state index in [2.05, 4.69) is 0 Å². The Hall–Kier alpha value is -2.12. The van der Waals surface area contributed by atoms with Crippen LogP contribution in [0.2, 0.25) is 5.02 Å². The molecule has 0 saturated carbocycles. The van der Waals surface area contributed by atoms with E-state index >= 15 is 0 Å². The molecular weight excluding hydrogens is 371 g/mol. The van der Waals surface area contributed by atoms with E-state index < -0.39 is 33.5 Å². The van der Waals surface area contributed by atoms with E-state index in [-0.39, 0.29) is 26.8 Å². The molecule has 0 aromatic heterocycles. The van der Waals surface area contributed by atoms with E-state index in [1.54, 1.807) is 0 Å². The van der Waals surface area contributed by atoms with E-state index in [1.807, 2.05) is 0 Å². The minimum Gasteiger partial charge on any atom is -0.481 e. The van der Waals surface area contributed by atoms with E-state index in [0.717, 1.165) is 6.07 Å². The van der Waals surface area contributed by atoms with Crippen molar-refractivity contribution in [3.8, 4) is 16.9 Å². The summed E-state index contributed by atoms with van der Waals surface area (Å²) in [7, 11) is -3.61. The number of sulfone groups is 1. The molecule has 0 unspecified atom stereocenters. The molecule has 0 spiro atoms. The van der Waals surface area contributed by atoms with Crippen LogP contribution in [0, 0.1) is 5.82 Å². The highest BCUT2D eigenvalue weighted by molar-refractivity contribution is 7.92. The molecule has 25 heavy (non-hydrogen) atoms. The Balaban J connectivity index is 2.62. The lowest BCUT2D eigenvalue weighted by atomic mass is 10.0. The van der Waals surface area contributed by atoms with Gasteiger partial charge in [-0.3, -0.25) is 0 Å². The number of halogens is 2. The van der Waals surface area contributed by atoms with Crippen molar-refractivity contribution < 1.29 is 27.4 Å². The van der Waals surface area contributed by atoms with E-state index in [1.165, 1.54) is 44.2 Å². The van der Waals surface area contributed by atoms with Gasteiger partial charge in [0.15, 0.2) is 16.4 Å². The maximum absolute atomic E-state index is 14.3. The molecule has 0 aliphatic rings. The summed E-state index contributed by atoms with van der Waals surface area (Å²) in [5, 5.41) is 8.35. The van der Waals surface area contributed by atoms with Crippen LogP contribution in [0.15, 0.2) is 41.3 Å². The number of benzene rings is 2. The molecule has 0 aliphatic heterocycles. The first kappa shape index (κ1) is 19.2. The number of hydrogen-bond donors (Lipinski definition) is 1. The van der Waals surface area contributed by atoms with Crippen LogP contribution in [-0.4, -0.2) is 31.4 Å². The van der Waals surface area contributed by atoms with Crippen molar-refractivity contribution in [1.29, 1.82) is 0 Å². The zero-order valence-electron chi connectivity index (χ0n) is 13.5. The molecule has 0 amide bonds. The van der Waals surface area contributed by atoms with Crippen LogP contribution in [-0.2, 0) is 14.6 Å². The molecule has 0 atom stereocenters. The van der Waals surface area contributed by atoms with Crippen LogP contribution in [0.3, 0.4) is 0 Å². The van der Waals surface area contributed by atoms with E-state index in [0.29, 0.717) is 0 Å². The number of carbonyl (C=O) groups is 1. The highest BCUT2D eigenvalue weighted by Crippen LogP contribution is 2.36. The largest absolute Gasteiger partial charge is 0.481 e. The summed E-state index contributed by atoms with van der Waals surface area (Å²) in [5.41, 5.74) is 0.136. The van der Waals surface area contributed by atoms with Gasteiger partial charge in [0.2, 0.25) is 0 Å². The summed E-state index contributed by atoms with van der Waals surface area (Å²) in [5.74, 6) is -1.78. The monoisotopic (exact) mass is 386 g/mol. The van der Waals surface area contributed by atoms with Gasteiger partial charge in [-0.25, -0.2) is 17.6 Å². The Morgan fingerprint density at radius 2 is 1.88 bits per heavy atom. The molecule has 0 heterocycles. The number of rotatable bonds is 6. The van der Waals surface area contributed by atoms with Gasteiger partial charge in [-0.2, -0.15) is 0 Å². The third-order valence-corrected chi connectivity index (χ3v) is 5.86. The molecule has 2 aromatic rings. The fraction of sp³-hybridized carbons (Fsp3) is 0.235. The van der Waals surface area contributed by atoms with Crippen LogP contribution >= 0.6 is 11.6 Å². The molecule has 0 aliphatic carbocycles. The number of carboxylic acid groups (broad SMARTS) is 1. The maximum Gasteiger partial charge on any atom is 0.341 e. The Morgan fingerprint density at radius 3 is 2.48 bits per heavy atom. The number of hydrogen-bond acceptors (Lipinski definition) is 4. The van der Waals surface area contributed by atoms with Crippen LogP contribution in [0.4, 0.5) is 4.39 Å². The number of ether oxygens (including phenoxy) is 1. The van der Waals surface area contributed by atoms with Gasteiger partial charge >= 0.3 is 5.97 Å². The average Bonchev–Trinajstić information content (AvgIpc) is 2.53. The summed E-state index contributed by atoms with van der Waals surface area (Å²) in [6.45, 7) is 2.43. The molecular formula is C17H16ClFO5S. The predicted molar refractivity (Wildman–Crippen MR) is 92.3 cm³/mol. The first-order chi connectivity index (χ1) is 11.6. The van der Waals surface area contributed by atoms with Gasteiger partial charge in [0, 0.05) is 16.1 Å². The van der Waals surface area contributed by atoms with Crippen LogP contribution in [0.5, 0.6) is 5.75 Å². The molecule has 2 aromatic carbocycles. The topological polar surface area (TPSA) is 80.7 Å². The second-order valence-electron chi connectivity index (χ2n) is 5.56. The van der Waals surface area contributed by atoms with Crippen molar-refractivity contribution in [3.63, 3.8) is 0 Å². The molecule has 0 bridgehead atoms. The second-order valence-corrected chi connectivity index (χ2v) is 8.50. The summed E-state index contributed by atoms with van der Waals surface area (Å²) < 4.78 is 44.2. The van der Waals surface area contributed by atoms with Gasteiger partial charge in [-0.05, 0) is 50.2 Å². The second kappa shape index (κ2) is 7.41. The number of carboxylic acids is 1. The first-order valence-electron chi connectivity index (χ1n) is 7.31. The fourth-order valence-electron chi connectivity index (χ4n) is 2.14. The minimum absolute atomic E-state index is 0.0374. The van der Waals surface area contributed by atoms with Crippen molar-refractivity contribution in [2.24, 2.45) is 0 Å². The maximum atomic E-state index is 14.3. The van der Waals surface area contributed by atoms with Crippen molar-refractivity contribution in [2.75, 3.05) is 6.61 Å². The zero-order chi connectivity index (χ0) is 18.8. The lowest BCUT2D eigenvalue weighted by molar-refractivity contribution is -0.139. The average molecular weight is 387 g/mol. The highest BCUT2D eigenvalue weighted by Gasteiger charge is 2.22. The van der Waals surface area contributed by atoms with Gasteiger partial charge in [0.05, 0.1) is 10.1 Å². The highest BCUT2D eigenvalue weighted by atomic mass is 35.5. The lowest BCUT2D eigenvalue weighted by Gasteiger charge is -2.14. The Labute approximate surface area is 149 Å². The molecule has 134 valence electrons. The Kier molecular flexibility index (Phi) is 5.69. The third-order valence-electron chi connectivity index (χ3n) is 3.47. The van der Waals surface area contributed by atoms with E-state index in [9.17, 15) is 17.6 Å². The molecule has 2 rings (SSSR count). The molecule has 0 radical (unpaired) electrons. The van der Waals surface area contributed by atoms with Crippen molar-refractivity contribution in [3.05, 3.63) is 47.2 Å². The van der Waals surface area contributed by atoms with Gasteiger partial charge in [-0.1, -0.05) is 11.6 Å². The number of aliphatic carboxylic acids is 1. The standard InChI is InChI=1S/C17H16ClFO5S/c1-10(2)25(22,23)12-4-5-15(19)13(8-12)14-7-11(18)3-6-16(14)24-9-17(20)21/h3-8,10H,9H2,1-2H3,(H,20,21). The molecule has 0 saturated heterocycles. The first-order valence-corrected chi connectivity index (χ1v) is 9.23. The Morgan fingerprint density at radius 1 is 1.20 bits per heavy atom. The van der Waals surface area contributed by atoms with Gasteiger partial charge in [-0.15, -0.1) is 0 Å². The van der Waals surface area contributed by atoms with Crippen molar-refractivity contribution in [1.82, 2.24) is 0 Å². The molecule has 0 fully saturated rings. The molecule has 1 N–H and O–H groups in total. The van der Waals surface area contributed by atoms with Crippen molar-refractivity contribution in [2.45, 2.75) is 24.0 Å². The van der Waals surface area contributed by atoms with Gasteiger partial charge in [0.1, 0.15) is 11.6 Å². The zero-order valence-corrected chi connectivity index (χ0v) is 15.1. The third kappa shape index (κ3) is 4.29. The summed E-state index contributed by atoms with van der Waals surface area (Å²) in [4.78, 5) is 10.7. The fourth-order valence-corrected chi connectivity index (χ4v) is 3.39. The normalized spacial score (nSPS) is 11.6. The molecule has 8 heteroatoms. The van der Waals surface area contributed by atoms with Crippen LogP contribution < -0.4 is 4.74 Å². The lowest BCUT2D eigenvalue weighted by Crippen LogP contribution is -2.14. The quantitative estimate of drug-likeness (QED) is 0.764. The van der Waals surface area contributed by atoms with Gasteiger partial charge in [0.25, 0.3) is 0 Å². The van der Waals surface area contributed by atoms with Crippen LogP contribution in [0.1, 0.15) is 13.8 Å². The van der Waals surface area contributed by atoms with E-state index in [4.69, 9.17) is 21.4 Å². The van der Waals surface area contributed by atoms with Crippen molar-refractivity contribution >= 4 is 27.4 Å². The summed E-state index contributed by atoms with van der Waals surface area (Å²) >= 11 is 5.95. The SMILES string of the molecule is CC(C)S(=O)(=O)c1ccc(F)c(-c2cc(Cl)ccc2OCC(=O)O)c1. The summed E-state index contributed by atoms with van der Waals surface area (Å²) in [6, 6.07) is 7.70. The summed E-state index contributed by atoms with van der Waals surface area (Å²) in [6.07, 6.45) is 0. The van der Waals surface area contributed by atoms with Crippen LogP contribution in [0.25, 0.3) is 11.1 Å². The Bertz CT molecular complexity index is 909. The predicted octanol–water partition coefficient (Wildman–Crippen LogP) is 3.79. The smallest absolute Gasteiger partial charge is 0.341 e.